The Hall–Kier alpha value is -2.73. The van der Waals surface area contributed by atoms with E-state index in [9.17, 15) is 4.79 Å². The summed E-state index contributed by atoms with van der Waals surface area (Å²) in [5.74, 6) is 0.142. The van der Waals surface area contributed by atoms with Crippen LogP contribution >= 0.6 is 0 Å². The number of rotatable bonds is 7. The second-order valence-electron chi connectivity index (χ2n) is 7.63. The first-order valence-corrected chi connectivity index (χ1v) is 9.88. The summed E-state index contributed by atoms with van der Waals surface area (Å²) >= 11 is 0. The van der Waals surface area contributed by atoms with Crippen molar-refractivity contribution in [1.29, 1.82) is 0 Å². The third kappa shape index (κ3) is 4.07. The van der Waals surface area contributed by atoms with Crippen molar-refractivity contribution in [2.75, 3.05) is 6.61 Å². The van der Waals surface area contributed by atoms with Gasteiger partial charge in [-0.3, -0.25) is 9.48 Å². The van der Waals surface area contributed by atoms with Crippen molar-refractivity contribution in [2.24, 2.45) is 0 Å². The fraction of sp³-hybridized carbons (Fsp3) is 0.409. The van der Waals surface area contributed by atoms with E-state index >= 15 is 0 Å². The van der Waals surface area contributed by atoms with E-state index in [1.807, 2.05) is 19.2 Å². The Morgan fingerprint density at radius 3 is 2.86 bits per heavy atom. The summed E-state index contributed by atoms with van der Waals surface area (Å²) in [7, 11) is 0. The summed E-state index contributed by atoms with van der Waals surface area (Å²) in [5.41, 5.74) is 6.03. The van der Waals surface area contributed by atoms with Crippen LogP contribution in [0.2, 0.25) is 0 Å². The molecule has 3 aromatic rings. The smallest absolute Gasteiger partial charge is 0.220 e. The molecule has 0 bridgehead atoms. The maximum Gasteiger partial charge on any atom is 0.220 e. The van der Waals surface area contributed by atoms with Crippen LogP contribution in [-0.4, -0.2) is 38.4 Å². The van der Waals surface area contributed by atoms with Crippen LogP contribution in [0.3, 0.4) is 0 Å². The number of benzene rings is 1. The number of carbonyl (C=O) groups excluding carboxylic acids is 1. The van der Waals surface area contributed by atoms with Gasteiger partial charge in [-0.2, -0.15) is 5.10 Å². The molecule has 6 nitrogen and oxygen atoms in total. The molecule has 6 heteroatoms. The van der Waals surface area contributed by atoms with E-state index in [2.05, 4.69) is 35.5 Å². The monoisotopic (exact) mass is 378 g/mol. The molecule has 0 spiro atoms. The molecule has 1 aromatic carbocycles. The highest BCUT2D eigenvalue weighted by molar-refractivity contribution is 5.86. The van der Waals surface area contributed by atoms with E-state index in [1.165, 1.54) is 0 Å². The molecule has 0 unspecified atom stereocenters. The number of nitrogens with zero attached hydrogens (tertiary/aromatic N) is 3. The standard InChI is InChI=1S/C22H26N4O2/c1-14-11-21(19-13-26(9-10-27)25-15(19)2)24-20-7-3-16(12-18(14)20)4-8-22(28)23-17-5-6-17/h3,7,11-13,17,27H,4-6,8-10H2,1-2H3,(H,23,28). The molecule has 0 radical (unpaired) electrons. The number of aryl methyl sites for hydroxylation is 3. The number of hydrogen-bond donors (Lipinski definition) is 2. The second-order valence-corrected chi connectivity index (χ2v) is 7.63. The molecule has 2 N–H and O–H groups in total. The number of amides is 1. The highest BCUT2D eigenvalue weighted by atomic mass is 16.3. The third-order valence-electron chi connectivity index (χ3n) is 5.21. The van der Waals surface area contributed by atoms with Crippen LogP contribution in [0.25, 0.3) is 22.2 Å². The maximum absolute atomic E-state index is 11.9. The largest absolute Gasteiger partial charge is 0.394 e. The van der Waals surface area contributed by atoms with Gasteiger partial charge >= 0.3 is 0 Å². The molecule has 1 fully saturated rings. The Balaban J connectivity index is 1.56. The number of aromatic nitrogens is 3. The predicted octanol–water partition coefficient (Wildman–Crippen LogP) is 2.92. The van der Waals surface area contributed by atoms with Gasteiger partial charge in [-0.25, -0.2) is 4.98 Å². The van der Waals surface area contributed by atoms with Gasteiger partial charge in [-0.1, -0.05) is 6.07 Å². The minimum atomic E-state index is 0.0617. The zero-order chi connectivity index (χ0) is 19.7. The first-order valence-electron chi connectivity index (χ1n) is 9.88. The minimum absolute atomic E-state index is 0.0617. The summed E-state index contributed by atoms with van der Waals surface area (Å²) in [5, 5.41) is 17.7. The predicted molar refractivity (Wildman–Crippen MR) is 109 cm³/mol. The zero-order valence-electron chi connectivity index (χ0n) is 16.4. The number of hydrogen-bond acceptors (Lipinski definition) is 4. The molecule has 28 heavy (non-hydrogen) atoms. The normalized spacial score (nSPS) is 13.8. The lowest BCUT2D eigenvalue weighted by atomic mass is 10.0. The quantitative estimate of drug-likeness (QED) is 0.662. The number of pyridine rings is 1. The highest BCUT2D eigenvalue weighted by Crippen LogP contribution is 2.27. The Morgan fingerprint density at radius 1 is 1.29 bits per heavy atom. The molecule has 2 heterocycles. The van der Waals surface area contributed by atoms with Gasteiger partial charge in [-0.05, 0) is 62.4 Å². The lowest BCUT2D eigenvalue weighted by Gasteiger charge is -2.09. The molecular weight excluding hydrogens is 352 g/mol. The third-order valence-corrected chi connectivity index (χ3v) is 5.21. The van der Waals surface area contributed by atoms with Gasteiger partial charge in [0.25, 0.3) is 0 Å². The first kappa shape index (κ1) is 18.6. The van der Waals surface area contributed by atoms with E-state index in [4.69, 9.17) is 10.1 Å². The van der Waals surface area contributed by atoms with Crippen molar-refractivity contribution in [3.8, 4) is 11.3 Å². The molecule has 0 atom stereocenters. The van der Waals surface area contributed by atoms with Crippen molar-refractivity contribution >= 4 is 16.8 Å². The lowest BCUT2D eigenvalue weighted by Crippen LogP contribution is -2.25. The van der Waals surface area contributed by atoms with Gasteiger partial charge in [0.05, 0.1) is 30.1 Å². The van der Waals surface area contributed by atoms with Crippen molar-refractivity contribution in [3.05, 3.63) is 47.3 Å². The van der Waals surface area contributed by atoms with E-state index in [0.29, 0.717) is 19.0 Å². The van der Waals surface area contributed by atoms with Crippen LogP contribution in [-0.2, 0) is 17.8 Å². The summed E-state index contributed by atoms with van der Waals surface area (Å²) < 4.78 is 1.75. The molecule has 1 aliphatic carbocycles. The van der Waals surface area contributed by atoms with Crippen LogP contribution in [0, 0.1) is 13.8 Å². The molecule has 1 aliphatic rings. The van der Waals surface area contributed by atoms with E-state index in [-0.39, 0.29) is 12.5 Å². The Morgan fingerprint density at radius 2 is 2.11 bits per heavy atom. The average Bonchev–Trinajstić information content (AvgIpc) is 3.40. The Kier molecular flexibility index (Phi) is 5.13. The molecule has 2 aromatic heterocycles. The van der Waals surface area contributed by atoms with Crippen LogP contribution in [0.1, 0.15) is 36.1 Å². The summed E-state index contributed by atoms with van der Waals surface area (Å²) in [6.45, 7) is 4.59. The number of aliphatic hydroxyl groups excluding tert-OH is 1. The fourth-order valence-corrected chi connectivity index (χ4v) is 3.51. The van der Waals surface area contributed by atoms with Gasteiger partial charge in [0.2, 0.25) is 5.91 Å². The van der Waals surface area contributed by atoms with Crippen molar-refractivity contribution in [3.63, 3.8) is 0 Å². The van der Waals surface area contributed by atoms with E-state index < -0.39 is 0 Å². The van der Waals surface area contributed by atoms with Gasteiger partial charge in [0.15, 0.2) is 0 Å². The van der Waals surface area contributed by atoms with Crippen LogP contribution in [0.4, 0.5) is 0 Å². The first-order chi connectivity index (χ1) is 13.5. The molecular formula is C22H26N4O2. The topological polar surface area (TPSA) is 80.0 Å². The van der Waals surface area contributed by atoms with Crippen molar-refractivity contribution in [2.45, 2.75) is 52.1 Å². The molecule has 146 valence electrons. The number of aliphatic hydroxyl groups is 1. The molecule has 1 saturated carbocycles. The SMILES string of the molecule is Cc1nn(CCO)cc1-c1cc(C)c2cc(CCC(=O)NC3CC3)ccc2n1. The molecule has 0 saturated heterocycles. The number of carbonyl (C=O) groups is 1. The van der Waals surface area contributed by atoms with Crippen LogP contribution in [0.15, 0.2) is 30.5 Å². The second kappa shape index (κ2) is 7.72. The molecule has 4 rings (SSSR count). The minimum Gasteiger partial charge on any atom is -0.394 e. The van der Waals surface area contributed by atoms with Gasteiger partial charge in [-0.15, -0.1) is 0 Å². The summed E-state index contributed by atoms with van der Waals surface area (Å²) in [4.78, 5) is 16.8. The van der Waals surface area contributed by atoms with Crippen molar-refractivity contribution in [1.82, 2.24) is 20.1 Å². The van der Waals surface area contributed by atoms with Gasteiger partial charge in [0, 0.05) is 29.6 Å². The molecule has 0 aliphatic heterocycles. The average molecular weight is 378 g/mol. The van der Waals surface area contributed by atoms with Crippen molar-refractivity contribution < 1.29 is 9.90 Å². The highest BCUT2D eigenvalue weighted by Gasteiger charge is 2.22. The lowest BCUT2D eigenvalue weighted by molar-refractivity contribution is -0.121. The fourth-order valence-electron chi connectivity index (χ4n) is 3.51. The number of nitrogens with one attached hydrogen (secondary N) is 1. The zero-order valence-corrected chi connectivity index (χ0v) is 16.4. The van der Waals surface area contributed by atoms with E-state index in [1.54, 1.807) is 4.68 Å². The van der Waals surface area contributed by atoms with Crippen LogP contribution < -0.4 is 5.32 Å². The Labute approximate surface area is 164 Å². The number of fused-ring (bicyclic) bond motifs is 1. The summed E-state index contributed by atoms with van der Waals surface area (Å²) in [6.07, 6.45) is 5.44. The Bertz CT molecular complexity index is 1020. The van der Waals surface area contributed by atoms with Gasteiger partial charge < -0.3 is 10.4 Å². The van der Waals surface area contributed by atoms with Crippen LogP contribution in [0.5, 0.6) is 0 Å². The van der Waals surface area contributed by atoms with Gasteiger partial charge in [0.1, 0.15) is 0 Å². The summed E-state index contributed by atoms with van der Waals surface area (Å²) in [6, 6.07) is 8.74. The molecule has 1 amide bonds. The van der Waals surface area contributed by atoms with E-state index in [0.717, 1.165) is 58.2 Å². The maximum atomic E-state index is 11.9.